The number of carbonyl (C=O) groups is 2. The number of amides is 2. The van der Waals surface area contributed by atoms with Crippen LogP contribution in [0.25, 0.3) is 0 Å². The molecule has 116 valence electrons. The number of nitrogens with one attached hydrogen (secondary N) is 2. The summed E-state index contributed by atoms with van der Waals surface area (Å²) in [4.78, 5) is 22.9. The predicted molar refractivity (Wildman–Crippen MR) is 84.8 cm³/mol. The highest BCUT2D eigenvalue weighted by Gasteiger charge is 2.16. The first-order chi connectivity index (χ1) is 9.79. The number of carbonyl (C=O) groups excluding carboxylic acids is 2. The Morgan fingerprint density at radius 3 is 2.05 bits per heavy atom. The first-order valence-corrected chi connectivity index (χ1v) is 7.46. The van der Waals surface area contributed by atoms with Crippen LogP contribution < -0.4 is 10.6 Å². The maximum Gasteiger partial charge on any atom is 0.242 e. The Hall–Kier alpha value is -1.84. The van der Waals surface area contributed by atoms with Crippen molar-refractivity contribution in [1.29, 1.82) is 0 Å². The zero-order valence-electron chi connectivity index (χ0n) is 13.6. The van der Waals surface area contributed by atoms with E-state index in [4.69, 9.17) is 0 Å². The zero-order chi connectivity index (χ0) is 16.0. The van der Waals surface area contributed by atoms with Gasteiger partial charge in [0, 0.05) is 6.92 Å². The zero-order valence-corrected chi connectivity index (χ0v) is 13.6. The molecule has 2 atom stereocenters. The third kappa shape index (κ3) is 5.98. The van der Waals surface area contributed by atoms with Crippen LogP contribution in [0.15, 0.2) is 24.3 Å². The molecule has 0 fully saturated rings. The molecule has 0 bridgehead atoms. The maximum atomic E-state index is 11.9. The number of hydrogen-bond acceptors (Lipinski definition) is 2. The lowest BCUT2D eigenvalue weighted by atomic mass is 10.00. The molecule has 4 heteroatoms. The van der Waals surface area contributed by atoms with E-state index in [2.05, 4.69) is 36.6 Å². The molecule has 1 aromatic carbocycles. The van der Waals surface area contributed by atoms with Crippen LogP contribution in [0.3, 0.4) is 0 Å². The van der Waals surface area contributed by atoms with Crippen LogP contribution in [0, 0.1) is 5.92 Å². The Labute approximate surface area is 127 Å². The van der Waals surface area contributed by atoms with Gasteiger partial charge in [0.15, 0.2) is 0 Å². The summed E-state index contributed by atoms with van der Waals surface area (Å²) in [6.07, 6.45) is 1.06. The van der Waals surface area contributed by atoms with E-state index >= 15 is 0 Å². The quantitative estimate of drug-likeness (QED) is 0.846. The average Bonchev–Trinajstić information content (AvgIpc) is 2.37. The molecule has 0 aliphatic rings. The molecule has 4 nitrogen and oxygen atoms in total. The van der Waals surface area contributed by atoms with E-state index in [1.165, 1.54) is 12.5 Å². The molecule has 0 aromatic heterocycles. The Balaban J connectivity index is 2.60. The van der Waals surface area contributed by atoms with Gasteiger partial charge < -0.3 is 10.6 Å². The molecule has 0 saturated heterocycles. The van der Waals surface area contributed by atoms with Crippen LogP contribution in [-0.4, -0.2) is 17.9 Å². The van der Waals surface area contributed by atoms with Crippen LogP contribution in [-0.2, 0) is 16.0 Å². The van der Waals surface area contributed by atoms with E-state index in [0.29, 0.717) is 5.92 Å². The topological polar surface area (TPSA) is 58.2 Å². The van der Waals surface area contributed by atoms with Crippen molar-refractivity contribution in [2.75, 3.05) is 0 Å². The second kappa shape index (κ2) is 7.81. The van der Waals surface area contributed by atoms with Crippen molar-refractivity contribution in [2.24, 2.45) is 5.92 Å². The van der Waals surface area contributed by atoms with Gasteiger partial charge in [-0.3, -0.25) is 9.59 Å². The van der Waals surface area contributed by atoms with E-state index in [1.54, 1.807) is 6.92 Å². The van der Waals surface area contributed by atoms with Crippen LogP contribution in [0.2, 0.25) is 0 Å². The van der Waals surface area contributed by atoms with Gasteiger partial charge in [0.05, 0.1) is 6.04 Å². The van der Waals surface area contributed by atoms with Crippen molar-refractivity contribution in [1.82, 2.24) is 10.6 Å². The van der Waals surface area contributed by atoms with Crippen molar-refractivity contribution < 1.29 is 9.59 Å². The summed E-state index contributed by atoms with van der Waals surface area (Å²) in [5, 5.41) is 5.49. The molecule has 0 aliphatic carbocycles. The minimum absolute atomic E-state index is 0.0817. The highest BCUT2D eigenvalue weighted by atomic mass is 16.2. The molecular weight excluding hydrogens is 264 g/mol. The van der Waals surface area contributed by atoms with Crippen LogP contribution in [0.4, 0.5) is 0 Å². The molecule has 21 heavy (non-hydrogen) atoms. The van der Waals surface area contributed by atoms with Crippen molar-refractivity contribution >= 4 is 11.8 Å². The molecule has 0 saturated carbocycles. The monoisotopic (exact) mass is 290 g/mol. The minimum atomic E-state index is -0.523. The molecule has 0 heterocycles. The second-order valence-corrected chi connectivity index (χ2v) is 5.99. The third-order valence-electron chi connectivity index (χ3n) is 3.30. The normalized spacial score (nSPS) is 13.6. The Morgan fingerprint density at radius 2 is 1.57 bits per heavy atom. The Kier molecular flexibility index (Phi) is 6.40. The second-order valence-electron chi connectivity index (χ2n) is 5.99. The summed E-state index contributed by atoms with van der Waals surface area (Å²) in [5.41, 5.74) is 2.37. The van der Waals surface area contributed by atoms with Crippen molar-refractivity contribution in [3.63, 3.8) is 0 Å². The summed E-state index contributed by atoms with van der Waals surface area (Å²) >= 11 is 0. The smallest absolute Gasteiger partial charge is 0.242 e. The van der Waals surface area contributed by atoms with Gasteiger partial charge in [-0.1, -0.05) is 38.1 Å². The minimum Gasteiger partial charge on any atom is -0.348 e. The first-order valence-electron chi connectivity index (χ1n) is 7.46. The highest BCUT2D eigenvalue weighted by molar-refractivity contribution is 5.86. The van der Waals surface area contributed by atoms with Gasteiger partial charge in [-0.15, -0.1) is 0 Å². The van der Waals surface area contributed by atoms with Gasteiger partial charge in [0.25, 0.3) is 0 Å². The molecule has 0 spiro atoms. The lowest BCUT2D eigenvalue weighted by Gasteiger charge is -2.18. The predicted octanol–water partition coefficient (Wildman–Crippen LogP) is 2.59. The average molecular weight is 290 g/mol. The highest BCUT2D eigenvalue weighted by Crippen LogP contribution is 2.15. The summed E-state index contributed by atoms with van der Waals surface area (Å²) in [6.45, 7) is 9.41. The number of rotatable bonds is 6. The molecule has 2 unspecified atom stereocenters. The van der Waals surface area contributed by atoms with E-state index in [-0.39, 0.29) is 17.9 Å². The maximum absolute atomic E-state index is 11.9. The lowest BCUT2D eigenvalue weighted by Crippen LogP contribution is -2.44. The van der Waals surface area contributed by atoms with Crippen LogP contribution in [0.1, 0.15) is 51.8 Å². The summed E-state index contributed by atoms with van der Waals surface area (Å²) in [7, 11) is 0. The van der Waals surface area contributed by atoms with E-state index in [0.717, 1.165) is 12.0 Å². The van der Waals surface area contributed by atoms with Crippen molar-refractivity contribution in [2.45, 2.75) is 53.1 Å². The van der Waals surface area contributed by atoms with Gasteiger partial charge in [0.2, 0.25) is 11.8 Å². The lowest BCUT2D eigenvalue weighted by molar-refractivity contribution is -0.128. The summed E-state index contributed by atoms with van der Waals surface area (Å²) < 4.78 is 0. The van der Waals surface area contributed by atoms with E-state index < -0.39 is 6.04 Å². The fourth-order valence-corrected chi connectivity index (χ4v) is 2.21. The van der Waals surface area contributed by atoms with E-state index in [9.17, 15) is 9.59 Å². The summed E-state index contributed by atoms with van der Waals surface area (Å²) in [5.74, 6) is 0.249. The van der Waals surface area contributed by atoms with E-state index in [1.807, 2.05) is 19.1 Å². The molecule has 1 aromatic rings. The van der Waals surface area contributed by atoms with Gasteiger partial charge in [-0.25, -0.2) is 0 Å². The summed E-state index contributed by atoms with van der Waals surface area (Å²) in [6, 6.07) is 7.70. The van der Waals surface area contributed by atoms with Crippen LogP contribution >= 0.6 is 0 Å². The Morgan fingerprint density at radius 1 is 1.00 bits per heavy atom. The standard InChI is InChI=1S/C17H26N2O2/c1-11(2)10-15-6-8-16(9-7-15)12(3)19-17(21)13(4)18-14(5)20/h6-9,11-13H,10H2,1-5H3,(H,18,20)(H,19,21). The van der Waals surface area contributed by atoms with Crippen molar-refractivity contribution in [3.8, 4) is 0 Å². The SMILES string of the molecule is CC(=O)NC(C)C(=O)NC(C)c1ccc(CC(C)C)cc1. The molecular formula is C17H26N2O2. The Bertz CT molecular complexity index is 480. The van der Waals surface area contributed by atoms with Crippen molar-refractivity contribution in [3.05, 3.63) is 35.4 Å². The number of benzene rings is 1. The fourth-order valence-electron chi connectivity index (χ4n) is 2.21. The first kappa shape index (κ1) is 17.2. The van der Waals surface area contributed by atoms with Gasteiger partial charge in [0.1, 0.15) is 6.04 Å². The number of hydrogen-bond donors (Lipinski definition) is 2. The largest absolute Gasteiger partial charge is 0.348 e. The van der Waals surface area contributed by atoms with Gasteiger partial charge in [-0.05, 0) is 37.3 Å². The fraction of sp³-hybridized carbons (Fsp3) is 0.529. The molecule has 2 amide bonds. The molecule has 1 rings (SSSR count). The third-order valence-corrected chi connectivity index (χ3v) is 3.30. The van der Waals surface area contributed by atoms with Gasteiger partial charge >= 0.3 is 0 Å². The molecule has 0 radical (unpaired) electrons. The molecule has 2 N–H and O–H groups in total. The van der Waals surface area contributed by atoms with Gasteiger partial charge in [-0.2, -0.15) is 0 Å². The van der Waals surface area contributed by atoms with Crippen LogP contribution in [0.5, 0.6) is 0 Å². The molecule has 0 aliphatic heterocycles.